The van der Waals surface area contributed by atoms with Gasteiger partial charge in [-0.2, -0.15) is 0 Å². The first-order chi connectivity index (χ1) is 10.2. The van der Waals surface area contributed by atoms with Gasteiger partial charge in [-0.1, -0.05) is 18.2 Å². The molecule has 0 N–H and O–H groups in total. The smallest absolute Gasteiger partial charge is 0.246 e. The van der Waals surface area contributed by atoms with Crippen LogP contribution in [-0.4, -0.2) is 42.9 Å². The Labute approximate surface area is 138 Å². The van der Waals surface area contributed by atoms with Gasteiger partial charge in [0.1, 0.15) is 0 Å². The molecule has 2 aliphatic heterocycles. The largest absolute Gasteiger partial charge is 0.347 e. The minimum atomic E-state index is -0.421. The lowest BCUT2D eigenvalue weighted by Crippen LogP contribution is -2.46. The van der Waals surface area contributed by atoms with Crippen LogP contribution >= 0.6 is 22.6 Å². The predicted molar refractivity (Wildman–Crippen MR) is 88.6 cm³/mol. The van der Waals surface area contributed by atoms with Crippen molar-refractivity contribution in [2.24, 2.45) is 0 Å². The fraction of sp³-hybridized carbons (Fsp3) is 0.438. The average molecular weight is 399 g/mol. The molecule has 0 aromatic heterocycles. The highest BCUT2D eigenvalue weighted by atomic mass is 127. The van der Waals surface area contributed by atoms with Crippen LogP contribution in [0.25, 0.3) is 6.08 Å². The molecule has 3 rings (SSSR count). The summed E-state index contributed by atoms with van der Waals surface area (Å²) in [6.45, 7) is 2.71. The number of halogens is 1. The first-order valence-corrected chi connectivity index (χ1v) is 8.26. The maximum absolute atomic E-state index is 12.2. The Morgan fingerprint density at radius 1 is 1.19 bits per heavy atom. The van der Waals surface area contributed by atoms with Gasteiger partial charge in [0, 0.05) is 35.6 Å². The fourth-order valence-corrected chi connectivity index (χ4v) is 3.30. The molecule has 1 spiro atoms. The number of carbonyl (C=O) groups excluding carboxylic acids is 1. The maximum atomic E-state index is 12.2. The van der Waals surface area contributed by atoms with Crippen molar-refractivity contribution in [3.63, 3.8) is 0 Å². The van der Waals surface area contributed by atoms with Gasteiger partial charge in [0.25, 0.3) is 0 Å². The third-order valence-corrected chi connectivity index (χ3v) is 4.94. The van der Waals surface area contributed by atoms with Crippen molar-refractivity contribution >= 4 is 34.6 Å². The Balaban J connectivity index is 1.58. The summed E-state index contributed by atoms with van der Waals surface area (Å²) in [4.78, 5) is 14.1. The van der Waals surface area contributed by atoms with Gasteiger partial charge in [0.15, 0.2) is 5.79 Å². The van der Waals surface area contributed by atoms with E-state index in [-0.39, 0.29) is 5.91 Å². The number of piperidine rings is 1. The molecular formula is C16H18INO3. The zero-order valence-electron chi connectivity index (χ0n) is 11.8. The van der Waals surface area contributed by atoms with Crippen LogP contribution in [0.2, 0.25) is 0 Å². The van der Waals surface area contributed by atoms with Crippen molar-refractivity contribution in [1.29, 1.82) is 0 Å². The lowest BCUT2D eigenvalue weighted by atomic mass is 10.0. The van der Waals surface area contributed by atoms with Crippen molar-refractivity contribution in [3.05, 3.63) is 39.5 Å². The van der Waals surface area contributed by atoms with E-state index in [0.29, 0.717) is 26.3 Å². The molecule has 5 heteroatoms. The summed E-state index contributed by atoms with van der Waals surface area (Å²) in [5.74, 6) is -0.363. The number of ether oxygens (including phenoxy) is 2. The molecule has 0 saturated carbocycles. The lowest BCUT2D eigenvalue weighted by Gasteiger charge is -2.37. The lowest BCUT2D eigenvalue weighted by molar-refractivity contribution is -0.186. The van der Waals surface area contributed by atoms with Crippen LogP contribution in [0.3, 0.4) is 0 Å². The molecule has 1 aromatic carbocycles. The van der Waals surface area contributed by atoms with Crippen LogP contribution in [0, 0.1) is 3.57 Å². The van der Waals surface area contributed by atoms with Crippen LogP contribution in [0.15, 0.2) is 30.3 Å². The van der Waals surface area contributed by atoms with E-state index in [1.54, 1.807) is 6.08 Å². The van der Waals surface area contributed by atoms with Crippen LogP contribution < -0.4 is 0 Å². The summed E-state index contributed by atoms with van der Waals surface area (Å²) in [7, 11) is 0. The van der Waals surface area contributed by atoms with E-state index in [1.165, 1.54) is 0 Å². The minimum Gasteiger partial charge on any atom is -0.347 e. The van der Waals surface area contributed by atoms with Gasteiger partial charge >= 0.3 is 0 Å². The van der Waals surface area contributed by atoms with Crippen LogP contribution in [0.5, 0.6) is 0 Å². The molecule has 112 valence electrons. The van der Waals surface area contributed by atoms with Crippen LogP contribution in [0.1, 0.15) is 18.4 Å². The Bertz CT molecular complexity index is 542. The van der Waals surface area contributed by atoms with E-state index in [4.69, 9.17) is 9.47 Å². The topological polar surface area (TPSA) is 38.8 Å². The molecule has 2 heterocycles. The number of nitrogens with zero attached hydrogens (tertiary/aromatic N) is 1. The number of amides is 1. The summed E-state index contributed by atoms with van der Waals surface area (Å²) in [5.41, 5.74) is 1.07. The molecule has 0 aliphatic carbocycles. The van der Waals surface area contributed by atoms with Crippen molar-refractivity contribution in [3.8, 4) is 0 Å². The normalized spacial score (nSPS) is 21.3. The monoisotopic (exact) mass is 399 g/mol. The van der Waals surface area contributed by atoms with Gasteiger partial charge in [-0.15, -0.1) is 0 Å². The van der Waals surface area contributed by atoms with Crippen LogP contribution in [-0.2, 0) is 14.3 Å². The highest BCUT2D eigenvalue weighted by Crippen LogP contribution is 2.31. The molecule has 21 heavy (non-hydrogen) atoms. The van der Waals surface area contributed by atoms with E-state index in [2.05, 4.69) is 22.6 Å². The predicted octanol–water partition coefficient (Wildman–Crippen LogP) is 2.67. The third kappa shape index (κ3) is 3.46. The standard InChI is InChI=1S/C16H18INO3/c17-14-4-2-1-3-13(14)5-6-15(19)18-9-7-16(8-10-18)20-11-12-21-16/h1-6H,7-12H2/b6-5+. The first kappa shape index (κ1) is 15.0. The fourth-order valence-electron chi connectivity index (χ4n) is 2.73. The number of hydrogen-bond acceptors (Lipinski definition) is 3. The van der Waals surface area contributed by atoms with Gasteiger partial charge in [0.2, 0.25) is 5.91 Å². The molecule has 1 aromatic rings. The van der Waals surface area contributed by atoms with Crippen molar-refractivity contribution in [1.82, 2.24) is 4.90 Å². The number of rotatable bonds is 2. The molecule has 4 nitrogen and oxygen atoms in total. The Morgan fingerprint density at radius 3 is 2.52 bits per heavy atom. The SMILES string of the molecule is O=C(/C=C/c1ccccc1I)N1CCC2(CC1)OCCO2. The quantitative estimate of drug-likeness (QED) is 0.567. The minimum absolute atomic E-state index is 0.0579. The number of hydrogen-bond donors (Lipinski definition) is 0. The van der Waals surface area contributed by atoms with Gasteiger partial charge in [-0.25, -0.2) is 0 Å². The van der Waals surface area contributed by atoms with Gasteiger partial charge < -0.3 is 14.4 Å². The summed E-state index contributed by atoms with van der Waals surface area (Å²) in [6, 6.07) is 8.01. The molecule has 2 fully saturated rings. The number of benzene rings is 1. The molecule has 0 bridgehead atoms. The van der Waals surface area contributed by atoms with E-state index in [0.717, 1.165) is 22.0 Å². The van der Waals surface area contributed by atoms with E-state index >= 15 is 0 Å². The Kier molecular flexibility index (Phi) is 4.61. The molecule has 0 radical (unpaired) electrons. The third-order valence-electron chi connectivity index (χ3n) is 3.96. The first-order valence-electron chi connectivity index (χ1n) is 7.18. The molecule has 0 atom stereocenters. The average Bonchev–Trinajstić information content (AvgIpc) is 2.95. The highest BCUT2D eigenvalue weighted by Gasteiger charge is 2.40. The second-order valence-corrected chi connectivity index (χ2v) is 6.45. The highest BCUT2D eigenvalue weighted by molar-refractivity contribution is 14.1. The van der Waals surface area contributed by atoms with Gasteiger partial charge in [-0.05, 0) is 40.3 Å². The Morgan fingerprint density at radius 2 is 1.86 bits per heavy atom. The van der Waals surface area contributed by atoms with Gasteiger partial charge in [0.05, 0.1) is 13.2 Å². The molecule has 0 unspecified atom stereocenters. The molecular weight excluding hydrogens is 381 g/mol. The van der Waals surface area contributed by atoms with Crippen molar-refractivity contribution in [2.45, 2.75) is 18.6 Å². The Hall–Kier alpha value is -0.920. The summed E-state index contributed by atoms with van der Waals surface area (Å²) < 4.78 is 12.5. The van der Waals surface area contributed by atoms with E-state index < -0.39 is 5.79 Å². The molecule has 1 amide bonds. The zero-order chi connectivity index (χ0) is 14.7. The van der Waals surface area contributed by atoms with Crippen molar-refractivity contribution < 1.29 is 14.3 Å². The van der Waals surface area contributed by atoms with E-state index in [1.807, 2.05) is 35.2 Å². The summed E-state index contributed by atoms with van der Waals surface area (Å²) in [5, 5.41) is 0. The number of carbonyl (C=O) groups is 1. The second kappa shape index (κ2) is 6.46. The number of likely N-dealkylation sites (tertiary alicyclic amines) is 1. The van der Waals surface area contributed by atoms with Crippen molar-refractivity contribution in [2.75, 3.05) is 26.3 Å². The van der Waals surface area contributed by atoms with Crippen LogP contribution in [0.4, 0.5) is 0 Å². The zero-order valence-corrected chi connectivity index (χ0v) is 13.9. The maximum Gasteiger partial charge on any atom is 0.246 e. The summed E-state index contributed by atoms with van der Waals surface area (Å²) >= 11 is 2.27. The molecule has 2 aliphatic rings. The van der Waals surface area contributed by atoms with E-state index in [9.17, 15) is 4.79 Å². The van der Waals surface area contributed by atoms with Gasteiger partial charge in [-0.3, -0.25) is 4.79 Å². The second-order valence-electron chi connectivity index (χ2n) is 5.29. The summed E-state index contributed by atoms with van der Waals surface area (Å²) in [6.07, 6.45) is 5.06. The molecule has 2 saturated heterocycles.